The van der Waals surface area contributed by atoms with Gasteiger partial charge in [0.25, 0.3) is 15.6 Å². The van der Waals surface area contributed by atoms with Crippen LogP contribution < -0.4 is 21.3 Å². The number of fused-ring (bicyclic) bond motifs is 1. The number of sulfonamides is 1. The lowest BCUT2D eigenvalue weighted by atomic mass is 10.1. The van der Waals surface area contributed by atoms with Crippen LogP contribution in [0.15, 0.2) is 51.0 Å². The zero-order chi connectivity index (χ0) is 24.8. The summed E-state index contributed by atoms with van der Waals surface area (Å²) in [5.74, 6) is 0.647. The molecular formula is C22H23N7O4S. The average Bonchev–Trinajstić information content (AvgIpc) is 2.77. The summed E-state index contributed by atoms with van der Waals surface area (Å²) in [5, 5.41) is 3.43. The minimum Gasteiger partial charge on any atom is -0.354 e. The van der Waals surface area contributed by atoms with Gasteiger partial charge < -0.3 is 5.32 Å². The molecule has 0 spiro atoms. The monoisotopic (exact) mass is 481 g/mol. The number of aromatic nitrogens is 5. The van der Waals surface area contributed by atoms with Crippen molar-refractivity contribution in [2.45, 2.75) is 25.7 Å². The van der Waals surface area contributed by atoms with Crippen LogP contribution in [0.4, 0.5) is 17.2 Å². The van der Waals surface area contributed by atoms with Gasteiger partial charge in [-0.1, -0.05) is 0 Å². The average molecular weight is 482 g/mol. The molecule has 0 saturated carbocycles. The Hall–Kier alpha value is -4.06. The first-order valence-corrected chi connectivity index (χ1v) is 11.7. The molecule has 3 aromatic heterocycles. The Morgan fingerprint density at radius 3 is 2.26 bits per heavy atom. The maximum atomic E-state index is 12.8. The summed E-state index contributed by atoms with van der Waals surface area (Å²) >= 11 is 0. The molecule has 4 aromatic rings. The first-order chi connectivity index (χ1) is 16.0. The van der Waals surface area contributed by atoms with Gasteiger partial charge in [0.2, 0.25) is 0 Å². The van der Waals surface area contributed by atoms with Gasteiger partial charge in [-0.25, -0.2) is 28.2 Å². The number of rotatable bonds is 5. The molecule has 0 atom stereocenters. The van der Waals surface area contributed by atoms with E-state index in [1.807, 2.05) is 0 Å². The summed E-state index contributed by atoms with van der Waals surface area (Å²) in [4.78, 5) is 37.6. The first kappa shape index (κ1) is 23.1. The van der Waals surface area contributed by atoms with Crippen LogP contribution in [-0.2, 0) is 24.1 Å². The molecule has 2 N–H and O–H groups in total. The van der Waals surface area contributed by atoms with E-state index >= 15 is 0 Å². The number of hydrogen-bond acceptors (Lipinski definition) is 8. The zero-order valence-electron chi connectivity index (χ0n) is 19.2. The quantitative estimate of drug-likeness (QED) is 0.440. The molecule has 3 heterocycles. The van der Waals surface area contributed by atoms with Crippen molar-refractivity contribution in [1.29, 1.82) is 0 Å². The van der Waals surface area contributed by atoms with Crippen molar-refractivity contribution in [3.8, 4) is 0 Å². The van der Waals surface area contributed by atoms with Crippen molar-refractivity contribution >= 4 is 38.2 Å². The van der Waals surface area contributed by atoms with Gasteiger partial charge in [-0.2, -0.15) is 0 Å². The maximum Gasteiger partial charge on any atom is 0.332 e. The predicted molar refractivity (Wildman–Crippen MR) is 129 cm³/mol. The third-order valence-electron chi connectivity index (χ3n) is 5.30. The summed E-state index contributed by atoms with van der Waals surface area (Å²) in [6.07, 6.45) is 1.57. The molecule has 11 nitrogen and oxygen atoms in total. The van der Waals surface area contributed by atoms with Gasteiger partial charge in [0.15, 0.2) is 5.65 Å². The lowest BCUT2D eigenvalue weighted by Gasteiger charge is -2.15. The Morgan fingerprint density at radius 2 is 1.62 bits per heavy atom. The van der Waals surface area contributed by atoms with E-state index in [2.05, 4.69) is 25.0 Å². The molecule has 0 radical (unpaired) electrons. The highest BCUT2D eigenvalue weighted by Crippen LogP contribution is 2.27. The fourth-order valence-corrected chi connectivity index (χ4v) is 4.60. The van der Waals surface area contributed by atoms with Crippen molar-refractivity contribution < 1.29 is 8.42 Å². The number of aryl methyl sites for hydroxylation is 4. The standard InChI is InChI=1S/C22H23N7O4S/c1-12-11-23-20-18(21(30)29(5)22(31)28(20)4)19(12)26-15-6-8-16(9-7-15)34(32,33)27-17-10-13(2)24-14(3)25-17/h6-11H,1-5H3,(H,23,26)(H,24,25,27). The van der Waals surface area contributed by atoms with E-state index in [1.165, 1.54) is 23.7 Å². The number of pyridine rings is 1. The van der Waals surface area contributed by atoms with Gasteiger partial charge in [0, 0.05) is 37.7 Å². The largest absolute Gasteiger partial charge is 0.354 e. The van der Waals surface area contributed by atoms with Crippen molar-refractivity contribution in [1.82, 2.24) is 24.1 Å². The number of benzene rings is 1. The van der Waals surface area contributed by atoms with E-state index < -0.39 is 21.3 Å². The Morgan fingerprint density at radius 1 is 0.941 bits per heavy atom. The Balaban J connectivity index is 1.69. The second-order valence-corrected chi connectivity index (χ2v) is 9.60. The van der Waals surface area contributed by atoms with E-state index in [4.69, 9.17) is 0 Å². The van der Waals surface area contributed by atoms with Crippen LogP contribution in [0.2, 0.25) is 0 Å². The molecule has 0 saturated heterocycles. The maximum absolute atomic E-state index is 12.8. The van der Waals surface area contributed by atoms with Crippen LogP contribution in [0.25, 0.3) is 11.0 Å². The van der Waals surface area contributed by atoms with E-state index in [9.17, 15) is 18.0 Å². The number of hydrogen-bond donors (Lipinski definition) is 2. The first-order valence-electron chi connectivity index (χ1n) is 10.3. The van der Waals surface area contributed by atoms with E-state index in [0.29, 0.717) is 28.5 Å². The topological polar surface area (TPSA) is 141 Å². The third-order valence-corrected chi connectivity index (χ3v) is 6.67. The minimum atomic E-state index is -3.87. The van der Waals surface area contributed by atoms with Crippen molar-refractivity contribution in [2.24, 2.45) is 14.1 Å². The highest BCUT2D eigenvalue weighted by Gasteiger charge is 2.18. The Bertz CT molecular complexity index is 1640. The van der Waals surface area contributed by atoms with Crippen LogP contribution in [0.1, 0.15) is 17.1 Å². The second-order valence-electron chi connectivity index (χ2n) is 7.92. The van der Waals surface area contributed by atoms with Crippen LogP contribution in [0.5, 0.6) is 0 Å². The van der Waals surface area contributed by atoms with Gasteiger partial charge in [-0.3, -0.25) is 18.7 Å². The summed E-state index contributed by atoms with van der Waals surface area (Å²) in [5.41, 5.74) is 1.68. The highest BCUT2D eigenvalue weighted by molar-refractivity contribution is 7.92. The van der Waals surface area contributed by atoms with E-state index in [0.717, 1.165) is 4.57 Å². The molecule has 0 fully saturated rings. The molecule has 176 valence electrons. The van der Waals surface area contributed by atoms with Gasteiger partial charge in [-0.05, 0) is 50.6 Å². The lowest BCUT2D eigenvalue weighted by Crippen LogP contribution is -2.37. The third kappa shape index (κ3) is 4.15. The molecule has 4 rings (SSSR count). The predicted octanol–water partition coefficient (Wildman–Crippen LogP) is 1.89. The highest BCUT2D eigenvalue weighted by atomic mass is 32.2. The van der Waals surface area contributed by atoms with Crippen LogP contribution >= 0.6 is 0 Å². The fourth-order valence-electron chi connectivity index (χ4n) is 3.61. The van der Waals surface area contributed by atoms with Crippen molar-refractivity contribution in [2.75, 3.05) is 10.0 Å². The number of anilines is 3. The molecule has 0 unspecified atom stereocenters. The van der Waals surface area contributed by atoms with Crippen LogP contribution in [0.3, 0.4) is 0 Å². The Kier molecular flexibility index (Phi) is 5.69. The summed E-state index contributed by atoms with van der Waals surface area (Å²) < 4.78 is 30.4. The molecule has 0 bridgehead atoms. The normalized spacial score (nSPS) is 11.6. The molecule has 0 aliphatic heterocycles. The summed E-state index contributed by atoms with van der Waals surface area (Å²) in [6, 6.07) is 7.61. The second kappa shape index (κ2) is 8.37. The molecule has 0 aliphatic rings. The molecule has 1 aromatic carbocycles. The Labute approximate surface area is 195 Å². The number of nitrogens with one attached hydrogen (secondary N) is 2. The van der Waals surface area contributed by atoms with E-state index in [-0.39, 0.29) is 21.7 Å². The van der Waals surface area contributed by atoms with Gasteiger partial charge in [-0.15, -0.1) is 0 Å². The van der Waals surface area contributed by atoms with Gasteiger partial charge >= 0.3 is 5.69 Å². The molecular weight excluding hydrogens is 458 g/mol. The van der Waals surface area contributed by atoms with Crippen molar-refractivity contribution in [3.63, 3.8) is 0 Å². The molecule has 0 amide bonds. The van der Waals surface area contributed by atoms with Gasteiger partial charge in [0.1, 0.15) is 17.0 Å². The zero-order valence-corrected chi connectivity index (χ0v) is 20.1. The summed E-state index contributed by atoms with van der Waals surface area (Å²) in [7, 11) is -0.920. The number of nitrogens with zero attached hydrogens (tertiary/aromatic N) is 5. The SMILES string of the molecule is Cc1cc(NS(=O)(=O)c2ccc(Nc3c(C)cnc4c3c(=O)n(C)c(=O)n4C)cc2)nc(C)n1. The van der Waals surface area contributed by atoms with Gasteiger partial charge in [0.05, 0.1) is 10.6 Å². The molecule has 12 heteroatoms. The molecule has 34 heavy (non-hydrogen) atoms. The molecule has 0 aliphatic carbocycles. The lowest BCUT2D eigenvalue weighted by molar-refractivity contribution is 0.601. The fraction of sp³-hybridized carbons (Fsp3) is 0.227. The minimum absolute atomic E-state index is 0.0431. The summed E-state index contributed by atoms with van der Waals surface area (Å²) in [6.45, 7) is 5.22. The van der Waals surface area contributed by atoms with E-state index in [1.54, 1.807) is 52.2 Å². The van der Waals surface area contributed by atoms with Crippen LogP contribution in [0, 0.1) is 20.8 Å². The van der Waals surface area contributed by atoms with Crippen LogP contribution in [-0.4, -0.2) is 32.5 Å². The van der Waals surface area contributed by atoms with Crippen molar-refractivity contribution in [3.05, 3.63) is 74.4 Å². The smallest absolute Gasteiger partial charge is 0.332 e.